The quantitative estimate of drug-likeness (QED) is 0.715. The van der Waals surface area contributed by atoms with E-state index in [1.165, 1.54) is 15.6 Å². The fraction of sp³-hybridized carbons (Fsp3) is 0.190. The molecule has 0 radical (unpaired) electrons. The van der Waals surface area contributed by atoms with E-state index in [9.17, 15) is 19.1 Å². The van der Waals surface area contributed by atoms with Crippen LogP contribution < -0.4 is 5.43 Å². The van der Waals surface area contributed by atoms with Crippen LogP contribution in [0.15, 0.2) is 59.5 Å². The van der Waals surface area contributed by atoms with Gasteiger partial charge in [-0.05, 0) is 29.3 Å². The van der Waals surface area contributed by atoms with Crippen LogP contribution in [-0.2, 0) is 0 Å². The summed E-state index contributed by atoms with van der Waals surface area (Å²) in [6.45, 7) is 0.201. The van der Waals surface area contributed by atoms with Gasteiger partial charge < -0.3 is 10.0 Å². The topological polar surface area (TPSA) is 75.4 Å². The number of likely N-dealkylation sites (N-methyl/N-ethyl adjacent to an activating group) is 1. The van der Waals surface area contributed by atoms with Crippen molar-refractivity contribution in [3.8, 4) is 5.75 Å². The van der Waals surface area contributed by atoms with Gasteiger partial charge in [-0.1, -0.05) is 41.9 Å². The number of hydrogen-bond acceptors (Lipinski definition) is 4. The summed E-state index contributed by atoms with van der Waals surface area (Å²) in [7, 11) is 1.56. The number of hydrogen-bond donors (Lipinski definition) is 1. The maximum absolute atomic E-state index is 14.8. The van der Waals surface area contributed by atoms with E-state index in [1.807, 2.05) is 6.07 Å². The number of aromatic hydroxyl groups is 1. The number of nitrogens with zero attached hydrogens (tertiary/aromatic N) is 3. The number of fused-ring (bicyclic) bond motifs is 1. The molecule has 2 heterocycles. The second-order valence-electron chi connectivity index (χ2n) is 6.96. The van der Waals surface area contributed by atoms with E-state index < -0.39 is 34.9 Å². The molecule has 0 aliphatic carbocycles. The van der Waals surface area contributed by atoms with Crippen LogP contribution in [-0.4, -0.2) is 39.3 Å². The van der Waals surface area contributed by atoms with Gasteiger partial charge in [0, 0.05) is 24.5 Å². The molecule has 3 aromatic rings. The van der Waals surface area contributed by atoms with Gasteiger partial charge in [0.15, 0.2) is 11.4 Å². The third-order valence-electron chi connectivity index (χ3n) is 5.14. The van der Waals surface area contributed by atoms with Crippen molar-refractivity contribution in [3.05, 3.63) is 92.6 Å². The first-order valence-corrected chi connectivity index (χ1v) is 9.32. The molecule has 0 saturated heterocycles. The summed E-state index contributed by atoms with van der Waals surface area (Å²) < 4.78 is 16.1. The largest absolute Gasteiger partial charge is 0.502 e. The molecule has 4 rings (SSSR count). The van der Waals surface area contributed by atoms with E-state index in [1.54, 1.807) is 43.4 Å². The van der Waals surface area contributed by atoms with Crippen molar-refractivity contribution < 1.29 is 14.3 Å². The first-order chi connectivity index (χ1) is 13.9. The van der Waals surface area contributed by atoms with Gasteiger partial charge in [-0.15, -0.1) is 0 Å². The van der Waals surface area contributed by atoms with Crippen molar-refractivity contribution in [2.45, 2.75) is 12.0 Å². The van der Waals surface area contributed by atoms with Gasteiger partial charge in [0.2, 0.25) is 5.43 Å². The first kappa shape index (κ1) is 19.1. The number of halogens is 2. The van der Waals surface area contributed by atoms with Crippen molar-refractivity contribution in [1.29, 1.82) is 0 Å². The predicted molar refractivity (Wildman–Crippen MR) is 106 cm³/mol. The normalized spacial score (nSPS) is 17.1. The maximum atomic E-state index is 14.8. The van der Waals surface area contributed by atoms with Crippen LogP contribution in [0.3, 0.4) is 0 Å². The van der Waals surface area contributed by atoms with E-state index in [2.05, 4.69) is 5.10 Å². The summed E-state index contributed by atoms with van der Waals surface area (Å²) >= 11 is 6.19. The Balaban J connectivity index is 1.98. The molecule has 0 spiro atoms. The third kappa shape index (κ3) is 3.27. The van der Waals surface area contributed by atoms with Crippen molar-refractivity contribution in [1.82, 2.24) is 14.7 Å². The highest BCUT2D eigenvalue weighted by atomic mass is 35.5. The Labute approximate surface area is 170 Å². The molecule has 148 valence electrons. The molecular weight excluding hydrogens is 397 g/mol. The van der Waals surface area contributed by atoms with Crippen molar-refractivity contribution in [2.24, 2.45) is 0 Å². The predicted octanol–water partition coefficient (Wildman–Crippen LogP) is 3.20. The Kier molecular flexibility index (Phi) is 4.84. The Bertz CT molecular complexity index is 1160. The number of carbonyl (C=O) groups is 1. The molecule has 0 bridgehead atoms. The molecule has 2 aromatic carbocycles. The monoisotopic (exact) mass is 413 g/mol. The number of benzene rings is 2. The minimum absolute atomic E-state index is 0.201. The Hall–Kier alpha value is -3.19. The fourth-order valence-electron chi connectivity index (χ4n) is 3.81. The molecule has 1 amide bonds. The van der Waals surface area contributed by atoms with Crippen LogP contribution in [0.2, 0.25) is 5.02 Å². The molecule has 0 fully saturated rings. The second kappa shape index (κ2) is 7.33. The van der Waals surface area contributed by atoms with Gasteiger partial charge in [0.1, 0.15) is 5.82 Å². The molecule has 1 aromatic heterocycles. The summed E-state index contributed by atoms with van der Waals surface area (Å²) in [4.78, 5) is 25.9. The standard InChI is InChI=1S/C21H17ClFN3O3/c1-25-11-16(26-19(21(25)29)20(28)17(27)10-24-26)18(12-5-4-6-13(22)9-12)14-7-2-3-8-15(14)23/h2-10,16,18,28H,11H2,1H3. The average molecular weight is 414 g/mol. The molecule has 2 unspecified atom stereocenters. The number of carbonyl (C=O) groups excluding carboxylic acids is 1. The molecule has 1 aliphatic rings. The molecule has 6 nitrogen and oxygen atoms in total. The molecule has 8 heteroatoms. The highest BCUT2D eigenvalue weighted by Crippen LogP contribution is 2.40. The first-order valence-electron chi connectivity index (χ1n) is 8.94. The van der Waals surface area contributed by atoms with Gasteiger partial charge in [-0.2, -0.15) is 5.10 Å². The van der Waals surface area contributed by atoms with Crippen LogP contribution in [0.1, 0.15) is 33.6 Å². The highest BCUT2D eigenvalue weighted by molar-refractivity contribution is 6.30. The van der Waals surface area contributed by atoms with Gasteiger partial charge >= 0.3 is 0 Å². The summed E-state index contributed by atoms with van der Waals surface area (Å²) in [5.41, 5.74) is 0.165. The van der Waals surface area contributed by atoms with E-state index in [0.29, 0.717) is 10.6 Å². The van der Waals surface area contributed by atoms with Crippen molar-refractivity contribution >= 4 is 17.5 Å². The lowest BCUT2D eigenvalue weighted by Gasteiger charge is -2.37. The fourth-order valence-corrected chi connectivity index (χ4v) is 4.01. The van der Waals surface area contributed by atoms with Gasteiger partial charge in [-0.25, -0.2) is 4.39 Å². The van der Waals surface area contributed by atoms with E-state index in [4.69, 9.17) is 11.6 Å². The van der Waals surface area contributed by atoms with Crippen molar-refractivity contribution in [2.75, 3.05) is 13.6 Å². The zero-order valence-corrected chi connectivity index (χ0v) is 16.2. The molecule has 29 heavy (non-hydrogen) atoms. The summed E-state index contributed by atoms with van der Waals surface area (Å²) in [5.74, 6) is -2.18. The molecule has 1 aliphatic heterocycles. The van der Waals surface area contributed by atoms with E-state index in [0.717, 1.165) is 11.8 Å². The summed E-state index contributed by atoms with van der Waals surface area (Å²) in [6.07, 6.45) is 0.959. The van der Waals surface area contributed by atoms with Crippen LogP contribution in [0.25, 0.3) is 0 Å². The van der Waals surface area contributed by atoms with E-state index >= 15 is 0 Å². The van der Waals surface area contributed by atoms with Gasteiger partial charge in [-0.3, -0.25) is 14.3 Å². The van der Waals surface area contributed by atoms with Crippen molar-refractivity contribution in [3.63, 3.8) is 0 Å². The minimum atomic E-state index is -0.746. The third-order valence-corrected chi connectivity index (χ3v) is 5.38. The van der Waals surface area contributed by atoms with Crippen LogP contribution in [0.4, 0.5) is 4.39 Å². The molecule has 0 saturated carbocycles. The Morgan fingerprint density at radius 3 is 2.69 bits per heavy atom. The number of aromatic nitrogens is 2. The second-order valence-corrected chi connectivity index (χ2v) is 7.39. The zero-order valence-electron chi connectivity index (χ0n) is 15.4. The lowest BCUT2D eigenvalue weighted by atomic mass is 9.83. The lowest BCUT2D eigenvalue weighted by molar-refractivity contribution is 0.0686. The molecular formula is C21H17ClFN3O3. The Morgan fingerprint density at radius 2 is 1.97 bits per heavy atom. The maximum Gasteiger partial charge on any atom is 0.275 e. The number of amides is 1. The van der Waals surface area contributed by atoms with Gasteiger partial charge in [0.05, 0.1) is 12.2 Å². The molecule has 1 N–H and O–H groups in total. The van der Waals surface area contributed by atoms with Gasteiger partial charge in [0.25, 0.3) is 5.91 Å². The summed E-state index contributed by atoms with van der Waals surface area (Å²) in [5, 5.41) is 14.9. The Morgan fingerprint density at radius 1 is 1.21 bits per heavy atom. The van der Waals surface area contributed by atoms with Crippen LogP contribution in [0, 0.1) is 5.82 Å². The number of rotatable bonds is 3. The summed E-state index contributed by atoms with van der Waals surface area (Å²) in [6, 6.07) is 12.8. The average Bonchev–Trinajstić information content (AvgIpc) is 2.69. The smallest absolute Gasteiger partial charge is 0.275 e. The molecule has 2 atom stereocenters. The van der Waals surface area contributed by atoms with Crippen LogP contribution in [0.5, 0.6) is 5.75 Å². The van der Waals surface area contributed by atoms with Crippen LogP contribution >= 0.6 is 11.6 Å². The lowest BCUT2D eigenvalue weighted by Crippen LogP contribution is -2.45. The minimum Gasteiger partial charge on any atom is -0.502 e. The zero-order chi connectivity index (χ0) is 20.7. The van der Waals surface area contributed by atoms with E-state index in [-0.39, 0.29) is 12.2 Å². The SMILES string of the molecule is CN1CC(C(c2cccc(Cl)c2)c2ccccc2F)n2ncc(=O)c(O)c2C1=O. The highest BCUT2D eigenvalue weighted by Gasteiger charge is 2.39.